The van der Waals surface area contributed by atoms with Crippen molar-refractivity contribution in [2.24, 2.45) is 0 Å². The van der Waals surface area contributed by atoms with Crippen molar-refractivity contribution in [2.75, 3.05) is 14.2 Å². The quantitative estimate of drug-likeness (QED) is 0.656. The Kier molecular flexibility index (Phi) is 5.22. The molecule has 0 spiro atoms. The number of methoxy groups -OCH3 is 2. The molecule has 1 N–H and O–H groups in total. The number of phenolic OH excluding ortho intramolecular Hbond substituents is 1. The zero-order valence-corrected chi connectivity index (χ0v) is 13.8. The lowest BCUT2D eigenvalue weighted by molar-refractivity contribution is 0.0600. The minimum Gasteiger partial charge on any atom is -0.507 e. The molecule has 0 saturated carbocycles. The van der Waals surface area contributed by atoms with E-state index in [1.54, 1.807) is 42.5 Å². The molecule has 0 aliphatic carbocycles. The Bertz CT molecular complexity index is 705. The first-order valence-corrected chi connectivity index (χ1v) is 7.27. The van der Waals surface area contributed by atoms with Crippen LogP contribution in [-0.2, 0) is 4.74 Å². The molecule has 0 bridgehead atoms. The molecule has 0 saturated heterocycles. The van der Waals surface area contributed by atoms with E-state index < -0.39 is 0 Å². The summed E-state index contributed by atoms with van der Waals surface area (Å²) in [5.41, 5.74) is 2.05. The molecule has 114 valence electrons. The van der Waals surface area contributed by atoms with Crippen molar-refractivity contribution >= 4 is 34.1 Å². The Morgan fingerprint density at radius 2 is 1.82 bits per heavy atom. The van der Waals surface area contributed by atoms with Gasteiger partial charge in [0.25, 0.3) is 0 Å². The summed E-state index contributed by atoms with van der Waals surface area (Å²) in [6, 6.07) is 10.3. The summed E-state index contributed by atoms with van der Waals surface area (Å²) in [4.78, 5) is 11.4. The highest BCUT2D eigenvalue weighted by molar-refractivity contribution is 9.10. The SMILES string of the molecule is COC(=O)c1ccc(C=Cc2cc(Br)c(OC)cc2O)cc1. The fourth-order valence-corrected chi connectivity index (χ4v) is 2.41. The van der Waals surface area contributed by atoms with Gasteiger partial charge in [-0.25, -0.2) is 4.79 Å². The summed E-state index contributed by atoms with van der Waals surface area (Å²) >= 11 is 3.38. The largest absolute Gasteiger partial charge is 0.507 e. The Labute approximate surface area is 137 Å². The standard InChI is InChI=1S/C17H15BrO4/c1-21-16-10-15(19)13(9-14(16)18)8-5-11-3-6-12(7-4-11)17(20)22-2/h3-10,19H,1-2H3. The number of hydrogen-bond donors (Lipinski definition) is 1. The van der Waals surface area contributed by atoms with Gasteiger partial charge in [-0.05, 0) is 39.7 Å². The van der Waals surface area contributed by atoms with Crippen LogP contribution in [0.1, 0.15) is 21.5 Å². The lowest BCUT2D eigenvalue weighted by Gasteiger charge is -2.06. The molecule has 5 heteroatoms. The Morgan fingerprint density at radius 1 is 1.14 bits per heavy atom. The van der Waals surface area contributed by atoms with Gasteiger partial charge >= 0.3 is 5.97 Å². The number of halogens is 1. The van der Waals surface area contributed by atoms with Crippen LogP contribution in [0, 0.1) is 0 Å². The van der Waals surface area contributed by atoms with Gasteiger partial charge in [0.2, 0.25) is 0 Å². The third kappa shape index (κ3) is 3.68. The van der Waals surface area contributed by atoms with Crippen LogP contribution in [0.2, 0.25) is 0 Å². The fraction of sp³-hybridized carbons (Fsp3) is 0.118. The van der Waals surface area contributed by atoms with Crippen LogP contribution in [-0.4, -0.2) is 25.3 Å². The number of carbonyl (C=O) groups excluding carboxylic acids is 1. The average Bonchev–Trinajstić information content (AvgIpc) is 2.55. The highest BCUT2D eigenvalue weighted by atomic mass is 79.9. The van der Waals surface area contributed by atoms with Crippen molar-refractivity contribution in [2.45, 2.75) is 0 Å². The topological polar surface area (TPSA) is 55.8 Å². The minimum atomic E-state index is -0.368. The smallest absolute Gasteiger partial charge is 0.337 e. The number of ether oxygens (including phenoxy) is 2. The van der Waals surface area contributed by atoms with Crippen molar-refractivity contribution in [3.63, 3.8) is 0 Å². The number of phenols is 1. The first kappa shape index (κ1) is 16.1. The summed E-state index contributed by atoms with van der Waals surface area (Å²) < 4.78 is 10.5. The predicted octanol–water partition coefficient (Wildman–Crippen LogP) is 4.12. The minimum absolute atomic E-state index is 0.127. The van der Waals surface area contributed by atoms with Gasteiger partial charge in [-0.15, -0.1) is 0 Å². The Hall–Kier alpha value is -2.27. The number of rotatable bonds is 4. The molecule has 0 aliphatic heterocycles. The molecule has 0 atom stereocenters. The molecule has 0 aromatic heterocycles. The van der Waals surface area contributed by atoms with E-state index >= 15 is 0 Å². The first-order valence-electron chi connectivity index (χ1n) is 6.48. The number of carbonyl (C=O) groups is 1. The lowest BCUT2D eigenvalue weighted by atomic mass is 10.1. The van der Waals surface area contributed by atoms with Gasteiger partial charge in [0.1, 0.15) is 11.5 Å². The van der Waals surface area contributed by atoms with Gasteiger partial charge in [0.05, 0.1) is 24.3 Å². The van der Waals surface area contributed by atoms with Crippen molar-refractivity contribution in [1.29, 1.82) is 0 Å². The van der Waals surface area contributed by atoms with E-state index in [1.807, 2.05) is 6.08 Å². The normalized spacial score (nSPS) is 10.7. The maximum atomic E-state index is 11.4. The van der Waals surface area contributed by atoms with Gasteiger partial charge in [0.15, 0.2) is 0 Å². The van der Waals surface area contributed by atoms with E-state index in [-0.39, 0.29) is 11.7 Å². The van der Waals surface area contributed by atoms with Crippen LogP contribution in [0.5, 0.6) is 11.5 Å². The molecular weight excluding hydrogens is 348 g/mol. The van der Waals surface area contributed by atoms with Gasteiger partial charge in [-0.2, -0.15) is 0 Å². The molecule has 0 fully saturated rings. The van der Waals surface area contributed by atoms with Crippen LogP contribution in [0.15, 0.2) is 40.9 Å². The molecule has 2 aromatic carbocycles. The zero-order chi connectivity index (χ0) is 16.1. The predicted molar refractivity (Wildman–Crippen MR) is 89.1 cm³/mol. The Balaban J connectivity index is 2.22. The summed E-state index contributed by atoms with van der Waals surface area (Å²) in [6.07, 6.45) is 3.63. The maximum Gasteiger partial charge on any atom is 0.337 e. The second kappa shape index (κ2) is 7.13. The second-order valence-corrected chi connectivity index (χ2v) is 5.35. The third-order valence-corrected chi connectivity index (χ3v) is 3.71. The molecule has 0 amide bonds. The van der Waals surface area contributed by atoms with Crippen molar-refractivity contribution < 1.29 is 19.4 Å². The van der Waals surface area contributed by atoms with E-state index in [9.17, 15) is 9.90 Å². The number of hydrogen-bond acceptors (Lipinski definition) is 4. The molecule has 0 unspecified atom stereocenters. The average molecular weight is 363 g/mol. The number of esters is 1. The fourth-order valence-electron chi connectivity index (χ4n) is 1.88. The van der Waals surface area contributed by atoms with Crippen LogP contribution < -0.4 is 4.74 Å². The lowest BCUT2D eigenvalue weighted by Crippen LogP contribution is -2.00. The number of benzene rings is 2. The van der Waals surface area contributed by atoms with Crippen molar-refractivity contribution in [1.82, 2.24) is 0 Å². The summed E-state index contributed by atoms with van der Waals surface area (Å²) in [7, 11) is 2.89. The van der Waals surface area contributed by atoms with Crippen molar-refractivity contribution in [3.8, 4) is 11.5 Å². The summed E-state index contributed by atoms with van der Waals surface area (Å²) in [5.74, 6) is 0.326. The molecule has 0 heterocycles. The third-order valence-electron chi connectivity index (χ3n) is 3.09. The number of aromatic hydroxyl groups is 1. The monoisotopic (exact) mass is 362 g/mol. The van der Waals surface area contributed by atoms with Crippen LogP contribution in [0.4, 0.5) is 0 Å². The van der Waals surface area contributed by atoms with Crippen LogP contribution >= 0.6 is 15.9 Å². The molecule has 0 radical (unpaired) electrons. The molecule has 2 rings (SSSR count). The van der Waals surface area contributed by atoms with E-state index in [0.717, 1.165) is 10.0 Å². The van der Waals surface area contributed by atoms with Crippen LogP contribution in [0.25, 0.3) is 12.2 Å². The molecule has 0 aliphatic rings. The van der Waals surface area contributed by atoms with E-state index in [4.69, 9.17) is 4.74 Å². The molecular formula is C17H15BrO4. The highest BCUT2D eigenvalue weighted by Gasteiger charge is 2.06. The molecule has 2 aromatic rings. The van der Waals surface area contributed by atoms with Gasteiger partial charge in [-0.3, -0.25) is 0 Å². The van der Waals surface area contributed by atoms with Crippen LogP contribution in [0.3, 0.4) is 0 Å². The molecule has 22 heavy (non-hydrogen) atoms. The first-order chi connectivity index (χ1) is 10.5. The van der Waals surface area contributed by atoms with E-state index in [0.29, 0.717) is 16.9 Å². The highest BCUT2D eigenvalue weighted by Crippen LogP contribution is 2.33. The van der Waals surface area contributed by atoms with E-state index in [1.165, 1.54) is 14.2 Å². The van der Waals surface area contributed by atoms with Gasteiger partial charge < -0.3 is 14.6 Å². The summed E-state index contributed by atoms with van der Waals surface area (Å²) in [5, 5.41) is 9.96. The second-order valence-electron chi connectivity index (χ2n) is 4.49. The van der Waals surface area contributed by atoms with Crippen molar-refractivity contribution in [3.05, 3.63) is 57.6 Å². The maximum absolute atomic E-state index is 11.4. The zero-order valence-electron chi connectivity index (χ0n) is 12.2. The van der Waals surface area contributed by atoms with E-state index in [2.05, 4.69) is 20.7 Å². The van der Waals surface area contributed by atoms with Gasteiger partial charge in [-0.1, -0.05) is 24.3 Å². The van der Waals surface area contributed by atoms with Gasteiger partial charge in [0, 0.05) is 11.6 Å². The summed E-state index contributed by atoms with van der Waals surface area (Å²) in [6.45, 7) is 0. The molecule has 4 nitrogen and oxygen atoms in total. The Morgan fingerprint density at radius 3 is 2.41 bits per heavy atom.